The molecule has 0 radical (unpaired) electrons. The molecule has 1 rings (SSSR count). The lowest BCUT2D eigenvalue weighted by Crippen LogP contribution is -2.22. The third-order valence-corrected chi connectivity index (χ3v) is 2.51. The van der Waals surface area contributed by atoms with Gasteiger partial charge in [0.05, 0.1) is 12.2 Å². The minimum Gasteiger partial charge on any atom is -0.493 e. The van der Waals surface area contributed by atoms with Crippen LogP contribution >= 0.6 is 0 Å². The molecule has 0 heterocycles. The molecule has 0 aliphatic carbocycles. The highest BCUT2D eigenvalue weighted by Gasteiger charge is 2.12. The molecule has 0 saturated carbocycles. The number of nitrogens with one attached hydrogen (secondary N) is 1. The summed E-state index contributed by atoms with van der Waals surface area (Å²) in [7, 11) is 0. The van der Waals surface area contributed by atoms with E-state index in [0.29, 0.717) is 13.0 Å². The monoisotopic (exact) mass is 237 g/mol. The maximum Gasteiger partial charge on any atom is 0.123 e. The van der Waals surface area contributed by atoms with E-state index in [4.69, 9.17) is 4.74 Å². The van der Waals surface area contributed by atoms with E-state index in [0.717, 1.165) is 24.4 Å². The molecule has 0 saturated heterocycles. The molecule has 0 aliphatic heterocycles. The summed E-state index contributed by atoms with van der Waals surface area (Å²) in [6.07, 6.45) is 0.628. The summed E-state index contributed by atoms with van der Waals surface area (Å²) in [6.45, 7) is 7.96. The lowest BCUT2D eigenvalue weighted by atomic mass is 10.1. The molecule has 3 heteroatoms. The number of ether oxygens (including phenoxy) is 1. The molecule has 1 aromatic rings. The van der Waals surface area contributed by atoms with Crippen molar-refractivity contribution in [2.75, 3.05) is 13.2 Å². The van der Waals surface area contributed by atoms with Crippen molar-refractivity contribution < 1.29 is 9.84 Å². The standard InChI is InChI=1S/C14H23NO2/c1-4-15-11-12-7-5-6-8-13(12)17-10-9-14(2,3)16/h5-8,15-16H,4,9-11H2,1-3H3. The molecule has 0 unspecified atom stereocenters. The van der Waals surface area contributed by atoms with Crippen LogP contribution in [0.1, 0.15) is 32.8 Å². The van der Waals surface area contributed by atoms with Crippen LogP contribution in [-0.4, -0.2) is 23.9 Å². The van der Waals surface area contributed by atoms with Crippen molar-refractivity contribution in [1.82, 2.24) is 5.32 Å². The van der Waals surface area contributed by atoms with E-state index >= 15 is 0 Å². The van der Waals surface area contributed by atoms with E-state index in [2.05, 4.69) is 18.3 Å². The van der Waals surface area contributed by atoms with Crippen molar-refractivity contribution in [3.63, 3.8) is 0 Å². The Kier molecular flexibility index (Phi) is 5.45. The van der Waals surface area contributed by atoms with Gasteiger partial charge in [-0.1, -0.05) is 25.1 Å². The highest BCUT2D eigenvalue weighted by Crippen LogP contribution is 2.19. The van der Waals surface area contributed by atoms with E-state index in [-0.39, 0.29) is 0 Å². The molecule has 0 aromatic heterocycles. The van der Waals surface area contributed by atoms with Crippen LogP contribution in [0.15, 0.2) is 24.3 Å². The lowest BCUT2D eigenvalue weighted by molar-refractivity contribution is 0.0552. The van der Waals surface area contributed by atoms with Gasteiger partial charge in [-0.3, -0.25) is 0 Å². The van der Waals surface area contributed by atoms with Gasteiger partial charge in [-0.15, -0.1) is 0 Å². The molecule has 0 spiro atoms. The number of para-hydroxylation sites is 1. The zero-order chi connectivity index (χ0) is 12.7. The number of aliphatic hydroxyl groups is 1. The van der Waals surface area contributed by atoms with Crippen LogP contribution < -0.4 is 10.1 Å². The predicted molar refractivity (Wildman–Crippen MR) is 70.2 cm³/mol. The fourth-order valence-electron chi connectivity index (χ4n) is 1.46. The van der Waals surface area contributed by atoms with E-state index in [1.165, 1.54) is 0 Å². The van der Waals surface area contributed by atoms with Gasteiger partial charge in [0.25, 0.3) is 0 Å². The Morgan fingerprint density at radius 3 is 2.65 bits per heavy atom. The summed E-state index contributed by atoms with van der Waals surface area (Å²) in [5.74, 6) is 0.901. The summed E-state index contributed by atoms with van der Waals surface area (Å²) in [4.78, 5) is 0. The Morgan fingerprint density at radius 2 is 2.00 bits per heavy atom. The minimum atomic E-state index is -0.670. The quantitative estimate of drug-likeness (QED) is 0.765. The van der Waals surface area contributed by atoms with Gasteiger partial charge in [0.1, 0.15) is 5.75 Å². The molecule has 3 nitrogen and oxygen atoms in total. The molecule has 1 aromatic carbocycles. The zero-order valence-electron chi connectivity index (χ0n) is 11.0. The lowest BCUT2D eigenvalue weighted by Gasteiger charge is -2.18. The number of rotatable bonds is 7. The second-order valence-corrected chi connectivity index (χ2v) is 4.80. The SMILES string of the molecule is CCNCc1ccccc1OCCC(C)(C)O. The van der Waals surface area contributed by atoms with Crippen molar-refractivity contribution >= 4 is 0 Å². The first-order valence-corrected chi connectivity index (χ1v) is 6.17. The number of benzene rings is 1. The Balaban J connectivity index is 2.51. The van der Waals surface area contributed by atoms with Gasteiger partial charge < -0.3 is 15.2 Å². The van der Waals surface area contributed by atoms with Gasteiger partial charge in [-0.2, -0.15) is 0 Å². The van der Waals surface area contributed by atoms with Gasteiger partial charge in [0.15, 0.2) is 0 Å². The number of hydrogen-bond acceptors (Lipinski definition) is 3. The molecule has 0 atom stereocenters. The van der Waals surface area contributed by atoms with E-state index < -0.39 is 5.60 Å². The molecule has 0 aliphatic rings. The van der Waals surface area contributed by atoms with Crippen LogP contribution in [0.3, 0.4) is 0 Å². The van der Waals surface area contributed by atoms with E-state index in [9.17, 15) is 5.11 Å². The first-order chi connectivity index (χ1) is 8.03. The Bertz CT molecular complexity index is 331. The van der Waals surface area contributed by atoms with Crippen molar-refractivity contribution in [3.05, 3.63) is 29.8 Å². The average Bonchev–Trinajstić information content (AvgIpc) is 2.26. The molecule has 0 bridgehead atoms. The maximum atomic E-state index is 9.61. The van der Waals surface area contributed by atoms with Crippen molar-refractivity contribution in [3.8, 4) is 5.75 Å². The third-order valence-electron chi connectivity index (χ3n) is 2.51. The van der Waals surface area contributed by atoms with Crippen molar-refractivity contribution in [2.45, 2.75) is 39.3 Å². The molecular weight excluding hydrogens is 214 g/mol. The first kappa shape index (κ1) is 14.0. The fraction of sp³-hybridized carbons (Fsp3) is 0.571. The van der Waals surface area contributed by atoms with Gasteiger partial charge >= 0.3 is 0 Å². The van der Waals surface area contributed by atoms with Crippen LogP contribution in [0, 0.1) is 0 Å². The van der Waals surface area contributed by atoms with Crippen molar-refractivity contribution in [1.29, 1.82) is 0 Å². The van der Waals surface area contributed by atoms with Gasteiger partial charge in [-0.25, -0.2) is 0 Å². The molecule has 2 N–H and O–H groups in total. The average molecular weight is 237 g/mol. The summed E-state index contributed by atoms with van der Waals surface area (Å²) < 4.78 is 5.71. The molecule has 96 valence electrons. The van der Waals surface area contributed by atoms with Crippen LogP contribution in [-0.2, 0) is 6.54 Å². The molecule has 17 heavy (non-hydrogen) atoms. The van der Waals surface area contributed by atoms with Crippen LogP contribution in [0.2, 0.25) is 0 Å². The topological polar surface area (TPSA) is 41.5 Å². The summed E-state index contributed by atoms with van der Waals surface area (Å²) in [5, 5.41) is 12.9. The molecular formula is C14H23NO2. The Morgan fingerprint density at radius 1 is 1.29 bits per heavy atom. The molecule has 0 fully saturated rings. The highest BCUT2D eigenvalue weighted by atomic mass is 16.5. The zero-order valence-corrected chi connectivity index (χ0v) is 11.0. The molecule has 0 amide bonds. The van der Waals surface area contributed by atoms with Crippen LogP contribution in [0.5, 0.6) is 5.75 Å². The van der Waals surface area contributed by atoms with Crippen molar-refractivity contribution in [2.24, 2.45) is 0 Å². The number of hydrogen-bond donors (Lipinski definition) is 2. The maximum absolute atomic E-state index is 9.61. The van der Waals surface area contributed by atoms with Gasteiger partial charge in [-0.05, 0) is 26.5 Å². The van der Waals surface area contributed by atoms with Crippen LogP contribution in [0.4, 0.5) is 0 Å². The first-order valence-electron chi connectivity index (χ1n) is 6.17. The highest BCUT2D eigenvalue weighted by molar-refractivity contribution is 5.33. The third kappa shape index (κ3) is 5.71. The Hall–Kier alpha value is -1.06. The summed E-state index contributed by atoms with van der Waals surface area (Å²) in [6, 6.07) is 8.00. The van der Waals surface area contributed by atoms with E-state index in [1.807, 2.05) is 18.2 Å². The smallest absolute Gasteiger partial charge is 0.123 e. The Labute approximate surface area is 104 Å². The normalized spacial score (nSPS) is 11.5. The van der Waals surface area contributed by atoms with Gasteiger partial charge in [0, 0.05) is 18.5 Å². The second-order valence-electron chi connectivity index (χ2n) is 4.80. The minimum absolute atomic E-state index is 0.534. The van der Waals surface area contributed by atoms with Crippen LogP contribution in [0.25, 0.3) is 0 Å². The largest absolute Gasteiger partial charge is 0.493 e. The van der Waals surface area contributed by atoms with E-state index in [1.54, 1.807) is 13.8 Å². The predicted octanol–water partition coefficient (Wildman–Crippen LogP) is 2.34. The summed E-state index contributed by atoms with van der Waals surface area (Å²) >= 11 is 0. The van der Waals surface area contributed by atoms with Gasteiger partial charge in [0.2, 0.25) is 0 Å². The summed E-state index contributed by atoms with van der Waals surface area (Å²) in [5.41, 5.74) is 0.487. The fourth-order valence-corrected chi connectivity index (χ4v) is 1.46. The second kappa shape index (κ2) is 6.62.